The molecule has 2 N–H and O–H groups in total. The summed E-state index contributed by atoms with van der Waals surface area (Å²) in [5, 5.41) is 10.2. The maximum Gasteiger partial charge on any atom is 0.363 e. The molecule has 90 valence electrons. The fourth-order valence-corrected chi connectivity index (χ4v) is 1.65. The van der Waals surface area contributed by atoms with E-state index < -0.39 is 5.69 Å². The number of rotatable bonds is 3. The molecule has 1 aliphatic rings. The van der Waals surface area contributed by atoms with Crippen LogP contribution in [0.15, 0.2) is 22.0 Å². The van der Waals surface area contributed by atoms with E-state index in [1.165, 1.54) is 0 Å². The molecule has 1 aromatic rings. The summed E-state index contributed by atoms with van der Waals surface area (Å²) in [5.41, 5.74) is 2.89. The third-order valence-electron chi connectivity index (χ3n) is 2.64. The summed E-state index contributed by atoms with van der Waals surface area (Å²) in [6.07, 6.45) is 9.45. The van der Waals surface area contributed by atoms with Gasteiger partial charge >= 0.3 is 5.69 Å². The largest absolute Gasteiger partial charge is 0.363 e. The van der Waals surface area contributed by atoms with Crippen molar-refractivity contribution >= 4 is 12.0 Å². The lowest BCUT2D eigenvalue weighted by Crippen LogP contribution is -2.16. The van der Waals surface area contributed by atoms with Gasteiger partial charge in [-0.15, -0.1) is 0 Å². The fraction of sp³-hybridized carbons (Fsp3) is 0.455. The van der Waals surface area contributed by atoms with E-state index in [1.54, 1.807) is 6.92 Å². The first kappa shape index (κ1) is 11.5. The molecular formula is C11H15N5O. The van der Waals surface area contributed by atoms with Crippen molar-refractivity contribution < 1.29 is 0 Å². The number of nitrogens with zero attached hydrogens (tertiary/aromatic N) is 3. The Kier molecular flexibility index (Phi) is 3.64. The predicted octanol–water partition coefficient (Wildman–Crippen LogP) is 1.23. The van der Waals surface area contributed by atoms with Crippen LogP contribution in [0.5, 0.6) is 0 Å². The molecule has 1 aromatic heterocycles. The van der Waals surface area contributed by atoms with Gasteiger partial charge in [0.15, 0.2) is 5.82 Å². The Morgan fingerprint density at radius 1 is 1.59 bits per heavy atom. The van der Waals surface area contributed by atoms with Crippen molar-refractivity contribution in [3.05, 3.63) is 28.3 Å². The van der Waals surface area contributed by atoms with Crippen molar-refractivity contribution in [3.63, 3.8) is 0 Å². The zero-order chi connectivity index (χ0) is 12.1. The molecule has 0 fully saturated rings. The van der Waals surface area contributed by atoms with E-state index in [9.17, 15) is 4.79 Å². The number of H-pyrrole nitrogens is 1. The highest BCUT2D eigenvalue weighted by molar-refractivity contribution is 5.62. The summed E-state index contributed by atoms with van der Waals surface area (Å²) in [4.78, 5) is 14.7. The van der Waals surface area contributed by atoms with E-state index in [4.69, 9.17) is 0 Å². The van der Waals surface area contributed by atoms with Crippen molar-refractivity contribution in [1.29, 1.82) is 0 Å². The maximum absolute atomic E-state index is 11.0. The predicted molar refractivity (Wildman–Crippen MR) is 66.0 cm³/mol. The van der Waals surface area contributed by atoms with Gasteiger partial charge in [-0.1, -0.05) is 12.2 Å². The second kappa shape index (κ2) is 5.38. The highest BCUT2D eigenvalue weighted by atomic mass is 16.1. The SMILES string of the molecule is Cc1n[nH]c(=O)nc1N/N=C/C1CC=CCC1. The first-order valence-corrected chi connectivity index (χ1v) is 5.63. The zero-order valence-electron chi connectivity index (χ0n) is 9.68. The van der Waals surface area contributed by atoms with Gasteiger partial charge in [0.1, 0.15) is 5.69 Å². The minimum Gasteiger partial charge on any atom is -0.260 e. The van der Waals surface area contributed by atoms with Crippen molar-refractivity contribution in [2.45, 2.75) is 26.2 Å². The minimum atomic E-state index is -0.478. The number of aryl methyl sites for hydroxylation is 1. The molecule has 0 radical (unpaired) electrons. The smallest absolute Gasteiger partial charge is 0.260 e. The van der Waals surface area contributed by atoms with Gasteiger partial charge in [-0.2, -0.15) is 15.2 Å². The summed E-state index contributed by atoms with van der Waals surface area (Å²) < 4.78 is 0. The van der Waals surface area contributed by atoms with Crippen LogP contribution in [0, 0.1) is 12.8 Å². The monoisotopic (exact) mass is 233 g/mol. The molecule has 0 aromatic carbocycles. The van der Waals surface area contributed by atoms with Crippen LogP contribution in [0.2, 0.25) is 0 Å². The third-order valence-corrected chi connectivity index (χ3v) is 2.64. The van der Waals surface area contributed by atoms with Gasteiger partial charge in [0.05, 0.1) is 0 Å². The summed E-state index contributed by atoms with van der Waals surface area (Å²) >= 11 is 0. The highest BCUT2D eigenvalue weighted by Gasteiger charge is 2.06. The molecular weight excluding hydrogens is 218 g/mol. The average Bonchev–Trinajstić information content (AvgIpc) is 2.35. The molecule has 6 heteroatoms. The van der Waals surface area contributed by atoms with Crippen molar-refractivity contribution in [2.75, 3.05) is 5.43 Å². The molecule has 2 rings (SSSR count). The molecule has 1 unspecified atom stereocenters. The van der Waals surface area contributed by atoms with Gasteiger partial charge in [0, 0.05) is 6.21 Å². The molecule has 1 atom stereocenters. The Labute approximate surface area is 98.9 Å². The first-order valence-electron chi connectivity index (χ1n) is 5.63. The summed E-state index contributed by atoms with van der Waals surface area (Å²) in [7, 11) is 0. The molecule has 17 heavy (non-hydrogen) atoms. The second-order valence-corrected chi connectivity index (χ2v) is 4.01. The van der Waals surface area contributed by atoms with Gasteiger partial charge in [0.25, 0.3) is 0 Å². The van der Waals surface area contributed by atoms with Crippen LogP contribution in [-0.4, -0.2) is 21.4 Å². The number of anilines is 1. The van der Waals surface area contributed by atoms with Gasteiger partial charge in [0.2, 0.25) is 0 Å². The Morgan fingerprint density at radius 2 is 2.47 bits per heavy atom. The number of hydrogen-bond acceptors (Lipinski definition) is 5. The van der Waals surface area contributed by atoms with E-state index in [-0.39, 0.29) is 0 Å². The highest BCUT2D eigenvalue weighted by Crippen LogP contribution is 2.15. The van der Waals surface area contributed by atoms with Crippen LogP contribution in [0.1, 0.15) is 25.0 Å². The van der Waals surface area contributed by atoms with E-state index in [1.807, 2.05) is 6.21 Å². The molecule has 0 saturated heterocycles. The summed E-state index contributed by atoms with van der Waals surface area (Å²) in [6, 6.07) is 0. The number of hydrogen-bond donors (Lipinski definition) is 2. The van der Waals surface area contributed by atoms with E-state index >= 15 is 0 Å². The van der Waals surface area contributed by atoms with Gasteiger partial charge in [-0.3, -0.25) is 5.43 Å². The van der Waals surface area contributed by atoms with Gasteiger partial charge < -0.3 is 0 Å². The van der Waals surface area contributed by atoms with Crippen LogP contribution in [-0.2, 0) is 0 Å². The van der Waals surface area contributed by atoms with Crippen molar-refractivity contribution in [1.82, 2.24) is 15.2 Å². The Hall–Kier alpha value is -1.98. The molecule has 1 heterocycles. The summed E-state index contributed by atoms with van der Waals surface area (Å²) in [5.74, 6) is 0.860. The van der Waals surface area contributed by atoms with Crippen LogP contribution in [0.4, 0.5) is 5.82 Å². The molecule has 0 amide bonds. The second-order valence-electron chi connectivity index (χ2n) is 4.01. The van der Waals surface area contributed by atoms with Gasteiger partial charge in [-0.05, 0) is 32.1 Å². The lowest BCUT2D eigenvalue weighted by Gasteiger charge is -2.11. The molecule has 0 spiro atoms. The lowest BCUT2D eigenvalue weighted by atomic mass is 9.96. The third kappa shape index (κ3) is 3.24. The van der Waals surface area contributed by atoms with Crippen LogP contribution in [0.25, 0.3) is 0 Å². The normalized spacial score (nSPS) is 19.7. The Bertz CT molecular complexity index is 491. The number of hydrazone groups is 1. The van der Waals surface area contributed by atoms with Crippen LogP contribution < -0.4 is 11.1 Å². The standard InChI is InChI=1S/C11H15N5O/c1-8-10(13-11(17)16-14-8)15-12-7-9-5-3-2-4-6-9/h2-3,7,9H,4-6H2,1H3,(H2,13,15,16,17)/b12-7+. The summed E-state index contributed by atoms with van der Waals surface area (Å²) in [6.45, 7) is 1.75. The average molecular weight is 233 g/mol. The Balaban J connectivity index is 1.97. The van der Waals surface area contributed by atoms with Crippen molar-refractivity contribution in [2.24, 2.45) is 11.0 Å². The number of aromatic nitrogens is 3. The molecule has 0 aliphatic heterocycles. The van der Waals surface area contributed by atoms with Crippen molar-refractivity contribution in [3.8, 4) is 0 Å². The van der Waals surface area contributed by atoms with Crippen LogP contribution in [0.3, 0.4) is 0 Å². The van der Waals surface area contributed by atoms with Gasteiger partial charge in [-0.25, -0.2) is 9.89 Å². The lowest BCUT2D eigenvalue weighted by molar-refractivity contribution is 0.627. The van der Waals surface area contributed by atoms with E-state index in [0.717, 1.165) is 19.3 Å². The molecule has 0 bridgehead atoms. The fourth-order valence-electron chi connectivity index (χ4n) is 1.65. The first-order chi connectivity index (χ1) is 8.25. The minimum absolute atomic E-state index is 0.399. The van der Waals surface area contributed by atoms with E-state index in [0.29, 0.717) is 17.4 Å². The zero-order valence-corrected chi connectivity index (χ0v) is 9.68. The van der Waals surface area contributed by atoms with Crippen LogP contribution >= 0.6 is 0 Å². The number of allylic oxidation sites excluding steroid dienone is 2. The number of aromatic amines is 1. The number of nitrogens with one attached hydrogen (secondary N) is 2. The quantitative estimate of drug-likeness (QED) is 0.467. The topological polar surface area (TPSA) is 83.0 Å². The molecule has 6 nitrogen and oxygen atoms in total. The molecule has 0 saturated carbocycles. The van der Waals surface area contributed by atoms with E-state index in [2.05, 4.69) is 37.9 Å². The Morgan fingerprint density at radius 3 is 3.24 bits per heavy atom. The molecule has 1 aliphatic carbocycles. The maximum atomic E-state index is 11.0.